The molecule has 5 rings (SSSR count). The summed E-state index contributed by atoms with van der Waals surface area (Å²) >= 11 is 2.68. The number of anilines is 1. The number of nitrogens with two attached hydrogens (primary N) is 1. The normalized spacial score (nSPS) is 17.4. The number of carbonyl (C=O) groups is 6. The van der Waals surface area contributed by atoms with Gasteiger partial charge in [-0.3, -0.25) is 19.4 Å². The Labute approximate surface area is 344 Å². The van der Waals surface area contributed by atoms with Crippen molar-refractivity contribution < 1.29 is 38.6 Å². The number of nitrogens with zero attached hydrogens (tertiary/aromatic N) is 4. The zero-order valence-electron chi connectivity index (χ0n) is 32.6. The summed E-state index contributed by atoms with van der Waals surface area (Å²) in [6, 6.07) is 9.74. The number of aliphatic imine (C=N–C) groups is 1. The molecule has 0 spiro atoms. The van der Waals surface area contributed by atoms with Gasteiger partial charge in [0.25, 0.3) is 0 Å². The Bertz CT molecular complexity index is 1960. The van der Waals surface area contributed by atoms with Gasteiger partial charge in [0, 0.05) is 18.0 Å². The SMILES string of the molecule is CN(C)CCCC[C@H](NC(=O)[C@@H]1CCCN1C(=O)NC(=O)OCc1ccccc1)C(=O)N[C@@H](CCCCN)C(=O)Nc1ccc2nc(C3=N[C@@H](C(=O)O)CS3)sc2c1. The van der Waals surface area contributed by atoms with Crippen LogP contribution in [0.5, 0.6) is 0 Å². The van der Waals surface area contributed by atoms with Gasteiger partial charge < -0.3 is 41.3 Å². The fourth-order valence-electron chi connectivity index (χ4n) is 6.49. The Morgan fingerprint density at radius 1 is 0.983 bits per heavy atom. The topological polar surface area (TPSA) is 238 Å². The van der Waals surface area contributed by atoms with Crippen LogP contribution in [-0.4, -0.2) is 124 Å². The molecule has 0 aliphatic carbocycles. The summed E-state index contributed by atoms with van der Waals surface area (Å²) < 4.78 is 5.94. The second-order valence-corrected chi connectivity index (χ2v) is 16.4. The van der Waals surface area contributed by atoms with E-state index in [1.54, 1.807) is 42.5 Å². The van der Waals surface area contributed by atoms with Crippen LogP contribution in [0.25, 0.3) is 10.2 Å². The first kappa shape index (κ1) is 44.0. The molecule has 6 amide bonds. The summed E-state index contributed by atoms with van der Waals surface area (Å²) in [4.78, 5) is 90.6. The standard InChI is InChI=1S/C39H51N9O8S2/c1-47(2)19-9-7-14-28(43-34(51)30-15-10-20-48(30)38(54)46-39(55)56-22-24-11-4-3-5-12-24)33(50)42-27(13-6-8-18-40)32(49)41-25-16-17-26-31(21-25)58-36(44-26)35-45-29(23-57-35)37(52)53/h3-5,11-12,16-17,21,27-30H,6-10,13-15,18-20,22-23,40H2,1-2H3,(H,41,49)(H,42,50)(H,43,51)(H,52,53)(H,46,54,55)/t27-,28-,29+,30-/m0/s1. The van der Waals surface area contributed by atoms with Crippen molar-refractivity contribution in [2.24, 2.45) is 10.7 Å². The smallest absolute Gasteiger partial charge is 0.415 e. The number of fused-ring (bicyclic) bond motifs is 1. The third kappa shape index (κ3) is 12.7. The molecule has 3 aromatic rings. The van der Waals surface area contributed by atoms with Gasteiger partial charge in [-0.15, -0.1) is 23.1 Å². The molecule has 312 valence electrons. The Morgan fingerprint density at radius 3 is 2.43 bits per heavy atom. The van der Waals surface area contributed by atoms with Crippen LogP contribution in [0.4, 0.5) is 15.3 Å². The number of likely N-dealkylation sites (tertiary alicyclic amines) is 1. The minimum atomic E-state index is -1.01. The zero-order chi connectivity index (χ0) is 41.6. The maximum atomic E-state index is 14.0. The number of imide groups is 1. The Hall–Kier alpha value is -5.11. The second kappa shape index (κ2) is 21.6. The number of amides is 6. The number of carbonyl (C=O) groups excluding carboxylic acids is 5. The first-order chi connectivity index (χ1) is 27.9. The molecule has 1 aromatic heterocycles. The molecule has 1 fully saturated rings. The minimum Gasteiger partial charge on any atom is -0.480 e. The summed E-state index contributed by atoms with van der Waals surface area (Å²) in [6.07, 6.45) is 3.02. The molecule has 2 aromatic carbocycles. The number of hydrogen-bond acceptors (Lipinski definition) is 13. The lowest BCUT2D eigenvalue weighted by Crippen LogP contribution is -2.56. The van der Waals surface area contributed by atoms with Gasteiger partial charge in [-0.1, -0.05) is 30.3 Å². The van der Waals surface area contributed by atoms with Gasteiger partial charge in [-0.05, 0) is 102 Å². The molecule has 0 radical (unpaired) electrons. The molecule has 1 saturated heterocycles. The molecule has 2 aliphatic heterocycles. The van der Waals surface area contributed by atoms with Crippen molar-refractivity contribution in [1.82, 2.24) is 30.7 Å². The van der Waals surface area contributed by atoms with Crippen LogP contribution in [-0.2, 0) is 30.5 Å². The predicted octanol–water partition coefficient (Wildman–Crippen LogP) is 3.52. The molecule has 19 heteroatoms. The van der Waals surface area contributed by atoms with Crippen LogP contribution in [0.15, 0.2) is 53.5 Å². The van der Waals surface area contributed by atoms with E-state index in [9.17, 15) is 33.9 Å². The number of benzene rings is 2. The van der Waals surface area contributed by atoms with Gasteiger partial charge in [0.15, 0.2) is 6.04 Å². The molecule has 0 saturated carbocycles. The lowest BCUT2D eigenvalue weighted by Gasteiger charge is -2.27. The number of aromatic nitrogens is 1. The van der Waals surface area contributed by atoms with Crippen molar-refractivity contribution >= 4 is 79.9 Å². The highest BCUT2D eigenvalue weighted by molar-refractivity contribution is 8.15. The molecule has 7 N–H and O–H groups in total. The Kier molecular flexibility index (Phi) is 16.4. The number of ether oxygens (including phenoxy) is 1. The highest BCUT2D eigenvalue weighted by Gasteiger charge is 2.37. The number of alkyl carbamates (subject to hydrolysis) is 1. The number of rotatable bonds is 19. The molecular weight excluding hydrogens is 787 g/mol. The third-order valence-corrected chi connectivity index (χ3v) is 11.8. The molecule has 17 nitrogen and oxygen atoms in total. The highest BCUT2D eigenvalue weighted by Crippen LogP contribution is 2.31. The van der Waals surface area contributed by atoms with Gasteiger partial charge in [0.1, 0.15) is 34.8 Å². The van der Waals surface area contributed by atoms with E-state index in [1.165, 1.54) is 28.0 Å². The average molecular weight is 838 g/mol. The number of hydrogen-bond donors (Lipinski definition) is 6. The van der Waals surface area contributed by atoms with Gasteiger partial charge in [-0.25, -0.2) is 24.7 Å². The van der Waals surface area contributed by atoms with Crippen LogP contribution < -0.4 is 27.0 Å². The summed E-state index contributed by atoms with van der Waals surface area (Å²) in [5.41, 5.74) is 7.64. The average Bonchev–Trinajstić information content (AvgIpc) is 3.98. The Balaban J connectivity index is 1.24. The monoisotopic (exact) mass is 837 g/mol. The fourth-order valence-corrected chi connectivity index (χ4v) is 8.59. The van der Waals surface area contributed by atoms with Crippen molar-refractivity contribution in [1.29, 1.82) is 0 Å². The largest absolute Gasteiger partial charge is 0.480 e. The van der Waals surface area contributed by atoms with Crippen molar-refractivity contribution in [2.75, 3.05) is 44.8 Å². The van der Waals surface area contributed by atoms with Crippen LogP contribution >= 0.6 is 23.1 Å². The summed E-state index contributed by atoms with van der Waals surface area (Å²) in [6.45, 7) is 1.37. The van der Waals surface area contributed by atoms with Crippen molar-refractivity contribution in [3.8, 4) is 0 Å². The first-order valence-electron chi connectivity index (χ1n) is 19.3. The number of aliphatic carboxylic acids is 1. The van der Waals surface area contributed by atoms with E-state index in [0.29, 0.717) is 72.1 Å². The number of thioether (sulfide) groups is 1. The van der Waals surface area contributed by atoms with Crippen LogP contribution in [0, 0.1) is 0 Å². The lowest BCUT2D eigenvalue weighted by atomic mass is 10.0. The predicted molar refractivity (Wildman–Crippen MR) is 223 cm³/mol. The van der Waals surface area contributed by atoms with E-state index in [-0.39, 0.29) is 19.6 Å². The van der Waals surface area contributed by atoms with E-state index < -0.39 is 60.0 Å². The molecular formula is C39H51N9O8S2. The molecule has 4 atom stereocenters. The van der Waals surface area contributed by atoms with Gasteiger partial charge in [0.2, 0.25) is 17.7 Å². The number of nitrogens with one attached hydrogen (secondary N) is 4. The van der Waals surface area contributed by atoms with Crippen molar-refractivity contribution in [2.45, 2.75) is 82.1 Å². The summed E-state index contributed by atoms with van der Waals surface area (Å²) in [5.74, 6) is -2.18. The van der Waals surface area contributed by atoms with E-state index in [4.69, 9.17) is 10.5 Å². The maximum absolute atomic E-state index is 14.0. The van der Waals surface area contributed by atoms with E-state index in [0.717, 1.165) is 23.2 Å². The maximum Gasteiger partial charge on any atom is 0.415 e. The Morgan fingerprint density at radius 2 is 1.72 bits per heavy atom. The zero-order valence-corrected chi connectivity index (χ0v) is 34.2. The van der Waals surface area contributed by atoms with E-state index in [2.05, 4.69) is 31.2 Å². The number of thiazole rings is 1. The molecule has 58 heavy (non-hydrogen) atoms. The van der Waals surface area contributed by atoms with Crippen LogP contribution in [0.3, 0.4) is 0 Å². The molecule has 3 heterocycles. The van der Waals surface area contributed by atoms with Gasteiger partial charge >= 0.3 is 18.1 Å². The summed E-state index contributed by atoms with van der Waals surface area (Å²) in [5, 5.41) is 21.3. The van der Waals surface area contributed by atoms with Gasteiger partial charge in [-0.2, -0.15) is 0 Å². The fraction of sp³-hybridized carbons (Fsp3) is 0.487. The minimum absolute atomic E-state index is 0.0321. The van der Waals surface area contributed by atoms with Crippen LogP contribution in [0.2, 0.25) is 0 Å². The number of carboxylic acids is 1. The van der Waals surface area contributed by atoms with E-state index >= 15 is 0 Å². The lowest BCUT2D eigenvalue weighted by molar-refractivity contribution is -0.137. The highest BCUT2D eigenvalue weighted by atomic mass is 32.2. The second-order valence-electron chi connectivity index (χ2n) is 14.3. The van der Waals surface area contributed by atoms with E-state index in [1.807, 2.05) is 25.1 Å². The number of carboxylic acid groups (broad SMARTS) is 1. The van der Waals surface area contributed by atoms with Crippen LogP contribution in [0.1, 0.15) is 61.9 Å². The summed E-state index contributed by atoms with van der Waals surface area (Å²) in [7, 11) is 3.89. The molecule has 2 aliphatic rings. The van der Waals surface area contributed by atoms with Crippen molar-refractivity contribution in [3.63, 3.8) is 0 Å². The molecule has 0 unspecified atom stereocenters. The quantitative estimate of drug-likeness (QED) is 0.0952. The first-order valence-corrected chi connectivity index (χ1v) is 21.1. The number of unbranched alkanes of at least 4 members (excludes halogenated alkanes) is 2. The van der Waals surface area contributed by atoms with Gasteiger partial charge in [0.05, 0.1) is 10.2 Å². The third-order valence-electron chi connectivity index (χ3n) is 9.57. The molecule has 0 bridgehead atoms. The van der Waals surface area contributed by atoms with Crippen molar-refractivity contribution in [3.05, 3.63) is 59.1 Å². The number of urea groups is 1.